The van der Waals surface area contributed by atoms with Crippen molar-refractivity contribution >= 4 is 28.3 Å². The van der Waals surface area contributed by atoms with Gasteiger partial charge in [-0.1, -0.05) is 30.3 Å². The molecule has 0 radical (unpaired) electrons. The predicted molar refractivity (Wildman–Crippen MR) is 107 cm³/mol. The summed E-state index contributed by atoms with van der Waals surface area (Å²) in [6.45, 7) is 3.66. The summed E-state index contributed by atoms with van der Waals surface area (Å²) in [5, 5.41) is 3.04. The Morgan fingerprint density at radius 2 is 1.70 bits per heavy atom. The highest BCUT2D eigenvalue weighted by atomic mass is 16.1. The number of likely N-dealkylation sites (N-methyl/N-ethyl adjacent to an activating group) is 1. The third-order valence-corrected chi connectivity index (χ3v) is 4.96. The largest absolute Gasteiger partial charge is 0.367 e. The maximum Gasteiger partial charge on any atom is 0.323 e. The third kappa shape index (κ3) is 3.88. The maximum absolute atomic E-state index is 12.6. The van der Waals surface area contributed by atoms with Crippen molar-refractivity contribution in [2.75, 3.05) is 43.4 Å². The Kier molecular flexibility index (Phi) is 4.68. The van der Waals surface area contributed by atoms with Crippen LogP contribution in [0, 0.1) is 0 Å². The third-order valence-electron chi connectivity index (χ3n) is 4.96. The van der Waals surface area contributed by atoms with Gasteiger partial charge in [0.2, 0.25) is 5.91 Å². The van der Waals surface area contributed by atoms with Crippen LogP contribution in [-0.2, 0) is 11.2 Å². The molecule has 3 aromatic rings. The van der Waals surface area contributed by atoms with Gasteiger partial charge in [-0.05, 0) is 24.7 Å². The normalized spacial score (nSPS) is 15.2. The van der Waals surface area contributed by atoms with Crippen molar-refractivity contribution in [3.8, 4) is 0 Å². The molecule has 1 amide bonds. The fraction of sp³-hybridized carbons (Fsp3) is 0.300. The van der Waals surface area contributed by atoms with Crippen molar-refractivity contribution in [1.29, 1.82) is 0 Å². The Morgan fingerprint density at radius 1 is 1.04 bits per heavy atom. The number of benzene rings is 2. The molecule has 0 aliphatic carbocycles. The minimum atomic E-state index is -0.248. The van der Waals surface area contributed by atoms with E-state index in [0.717, 1.165) is 48.6 Å². The van der Waals surface area contributed by atoms with Crippen LogP contribution in [0.1, 0.15) is 5.56 Å². The Morgan fingerprint density at radius 3 is 2.41 bits per heavy atom. The lowest BCUT2D eigenvalue weighted by Crippen LogP contribution is -2.44. The summed E-state index contributed by atoms with van der Waals surface area (Å²) in [5.41, 5.74) is 3.81. The van der Waals surface area contributed by atoms with Crippen LogP contribution in [0.3, 0.4) is 0 Å². The van der Waals surface area contributed by atoms with Gasteiger partial charge in [-0.15, -0.1) is 0 Å². The lowest BCUT2D eigenvalue weighted by atomic mass is 10.1. The number of nitrogens with zero attached hydrogens (tertiary/aromatic N) is 2. The second-order valence-electron chi connectivity index (χ2n) is 6.99. The summed E-state index contributed by atoms with van der Waals surface area (Å²) in [4.78, 5) is 34.4. The fourth-order valence-electron chi connectivity index (χ4n) is 3.46. The Bertz CT molecular complexity index is 1000. The first-order valence-corrected chi connectivity index (χ1v) is 9.12. The maximum atomic E-state index is 12.6. The molecule has 4 rings (SSSR count). The van der Waals surface area contributed by atoms with Crippen LogP contribution in [0.25, 0.3) is 11.0 Å². The predicted octanol–water partition coefficient (Wildman–Crippen LogP) is 1.79. The number of amides is 1. The van der Waals surface area contributed by atoms with Crippen LogP contribution in [0.15, 0.2) is 47.3 Å². The number of hydrogen-bond acceptors (Lipinski definition) is 4. The van der Waals surface area contributed by atoms with Crippen LogP contribution in [0.4, 0.5) is 11.4 Å². The summed E-state index contributed by atoms with van der Waals surface area (Å²) in [5.74, 6) is -0.0752. The average molecular weight is 365 g/mol. The van der Waals surface area contributed by atoms with Crippen LogP contribution in [0.5, 0.6) is 0 Å². The number of hydrogen-bond donors (Lipinski definition) is 3. The molecule has 0 atom stereocenters. The molecule has 2 aromatic carbocycles. The highest BCUT2D eigenvalue weighted by molar-refractivity contribution is 5.99. The van der Waals surface area contributed by atoms with Crippen molar-refractivity contribution in [1.82, 2.24) is 14.9 Å². The molecule has 1 aliphatic rings. The quantitative estimate of drug-likeness (QED) is 0.658. The number of carbonyl (C=O) groups is 1. The van der Waals surface area contributed by atoms with E-state index in [-0.39, 0.29) is 11.6 Å². The van der Waals surface area contributed by atoms with Crippen molar-refractivity contribution in [3.63, 3.8) is 0 Å². The van der Waals surface area contributed by atoms with Gasteiger partial charge >= 0.3 is 5.69 Å². The van der Waals surface area contributed by atoms with Gasteiger partial charge in [0.05, 0.1) is 28.8 Å². The molecular formula is C20H23N5O2. The number of nitrogens with one attached hydrogen (secondary N) is 3. The summed E-state index contributed by atoms with van der Waals surface area (Å²) < 4.78 is 0. The molecular weight excluding hydrogens is 342 g/mol. The highest BCUT2D eigenvalue weighted by Gasteiger charge is 2.19. The molecule has 1 aromatic heterocycles. The molecule has 0 bridgehead atoms. The molecule has 0 saturated carbocycles. The topological polar surface area (TPSA) is 84.2 Å². The molecule has 7 nitrogen and oxygen atoms in total. The van der Waals surface area contributed by atoms with Crippen LogP contribution in [-0.4, -0.2) is 54.0 Å². The number of aromatic nitrogens is 2. The van der Waals surface area contributed by atoms with Gasteiger partial charge in [0.1, 0.15) is 0 Å². The number of H-pyrrole nitrogens is 2. The number of anilines is 2. The second-order valence-corrected chi connectivity index (χ2v) is 6.99. The van der Waals surface area contributed by atoms with E-state index in [9.17, 15) is 9.59 Å². The molecule has 1 aliphatic heterocycles. The first-order valence-electron chi connectivity index (χ1n) is 9.12. The van der Waals surface area contributed by atoms with E-state index < -0.39 is 0 Å². The number of fused-ring (bicyclic) bond motifs is 1. The standard InChI is InChI=1S/C20H23N5O2/c1-24-7-9-25(10-8-24)18-13-16-15(22-20(27)23-16)12-17(18)21-19(26)11-14-5-3-2-4-6-14/h2-6,12-13H,7-11H2,1H3,(H,21,26)(H2,22,23,27). The van der Waals surface area contributed by atoms with Crippen molar-refractivity contribution in [3.05, 3.63) is 58.5 Å². The fourth-order valence-corrected chi connectivity index (χ4v) is 3.46. The van der Waals surface area contributed by atoms with E-state index in [1.54, 1.807) is 0 Å². The summed E-state index contributed by atoms with van der Waals surface area (Å²) >= 11 is 0. The van der Waals surface area contributed by atoms with Crippen LogP contribution < -0.4 is 15.9 Å². The van der Waals surface area contributed by atoms with E-state index in [1.807, 2.05) is 42.5 Å². The summed E-state index contributed by atoms with van der Waals surface area (Å²) in [6, 6.07) is 13.4. The first-order chi connectivity index (χ1) is 13.1. The lowest BCUT2D eigenvalue weighted by molar-refractivity contribution is -0.115. The van der Waals surface area contributed by atoms with E-state index in [0.29, 0.717) is 11.9 Å². The molecule has 1 fully saturated rings. The van der Waals surface area contributed by atoms with Gasteiger partial charge in [0.15, 0.2) is 0 Å². The number of piperazine rings is 1. The number of rotatable bonds is 4. The van der Waals surface area contributed by atoms with E-state index in [4.69, 9.17) is 0 Å². The monoisotopic (exact) mass is 365 g/mol. The van der Waals surface area contributed by atoms with Crippen LogP contribution in [0.2, 0.25) is 0 Å². The molecule has 7 heteroatoms. The Balaban J connectivity index is 1.63. The summed E-state index contributed by atoms with van der Waals surface area (Å²) in [6.07, 6.45) is 0.310. The Hall–Kier alpha value is -3.06. The molecule has 3 N–H and O–H groups in total. The Labute approximate surface area is 157 Å². The van der Waals surface area contributed by atoms with Crippen LogP contribution >= 0.6 is 0 Å². The van der Waals surface area contributed by atoms with Gasteiger partial charge < -0.3 is 25.1 Å². The lowest BCUT2D eigenvalue weighted by Gasteiger charge is -2.35. The number of carbonyl (C=O) groups excluding carboxylic acids is 1. The molecule has 27 heavy (non-hydrogen) atoms. The van der Waals surface area contributed by atoms with Crippen molar-refractivity contribution in [2.24, 2.45) is 0 Å². The minimum Gasteiger partial charge on any atom is -0.367 e. The molecule has 140 valence electrons. The van der Waals surface area contributed by atoms with Crippen molar-refractivity contribution in [2.45, 2.75) is 6.42 Å². The van der Waals surface area contributed by atoms with E-state index >= 15 is 0 Å². The zero-order chi connectivity index (χ0) is 18.8. The first kappa shape index (κ1) is 17.4. The molecule has 0 spiro atoms. The smallest absolute Gasteiger partial charge is 0.323 e. The molecule has 0 unspecified atom stereocenters. The zero-order valence-electron chi connectivity index (χ0n) is 15.3. The van der Waals surface area contributed by atoms with E-state index in [1.165, 1.54) is 0 Å². The molecule has 1 saturated heterocycles. The highest BCUT2D eigenvalue weighted by Crippen LogP contribution is 2.30. The van der Waals surface area contributed by atoms with Gasteiger partial charge in [-0.2, -0.15) is 0 Å². The molecule has 2 heterocycles. The second kappa shape index (κ2) is 7.28. The average Bonchev–Trinajstić information content (AvgIpc) is 3.01. The van der Waals surface area contributed by atoms with E-state index in [2.05, 4.69) is 32.1 Å². The number of imidazole rings is 1. The van der Waals surface area contributed by atoms with Gasteiger partial charge in [0, 0.05) is 26.2 Å². The van der Waals surface area contributed by atoms with Gasteiger partial charge in [-0.3, -0.25) is 4.79 Å². The van der Waals surface area contributed by atoms with Gasteiger partial charge in [-0.25, -0.2) is 4.79 Å². The van der Waals surface area contributed by atoms with Crippen molar-refractivity contribution < 1.29 is 4.79 Å². The minimum absolute atomic E-state index is 0.0752. The zero-order valence-corrected chi connectivity index (χ0v) is 15.3. The SMILES string of the molecule is CN1CCN(c2cc3[nH]c(=O)[nH]c3cc2NC(=O)Cc2ccccc2)CC1. The van der Waals surface area contributed by atoms with Gasteiger partial charge in [0.25, 0.3) is 0 Å². The summed E-state index contributed by atoms with van der Waals surface area (Å²) in [7, 11) is 2.10. The number of aromatic amines is 2.